The predicted octanol–water partition coefficient (Wildman–Crippen LogP) is 5.25. The molecular weight excluding hydrogens is 408 g/mol. The van der Waals surface area contributed by atoms with Crippen LogP contribution in [0, 0.1) is 5.41 Å². The van der Waals surface area contributed by atoms with Gasteiger partial charge in [-0.3, -0.25) is 5.41 Å². The molecule has 0 saturated carbocycles. The minimum atomic E-state index is -0.101. The van der Waals surface area contributed by atoms with Crippen LogP contribution < -0.4 is 5.73 Å². The fourth-order valence-corrected chi connectivity index (χ4v) is 4.51. The molecule has 6 nitrogen and oxygen atoms in total. The van der Waals surface area contributed by atoms with Crippen LogP contribution in [0.2, 0.25) is 0 Å². The Morgan fingerprint density at radius 3 is 2.30 bits per heavy atom. The summed E-state index contributed by atoms with van der Waals surface area (Å²) < 4.78 is 0. The third-order valence-corrected chi connectivity index (χ3v) is 6.18. The van der Waals surface area contributed by atoms with Crippen molar-refractivity contribution in [2.75, 3.05) is 0 Å². The van der Waals surface area contributed by atoms with E-state index in [2.05, 4.69) is 52.4 Å². The molecule has 0 saturated heterocycles. The van der Waals surface area contributed by atoms with Crippen LogP contribution in [0.1, 0.15) is 28.7 Å². The van der Waals surface area contributed by atoms with Crippen LogP contribution in [0.3, 0.4) is 0 Å². The van der Waals surface area contributed by atoms with Crippen molar-refractivity contribution in [3.05, 3.63) is 108 Å². The van der Waals surface area contributed by atoms with Crippen LogP contribution in [-0.2, 0) is 6.42 Å². The molecule has 0 aliphatic carbocycles. The van der Waals surface area contributed by atoms with E-state index in [0.29, 0.717) is 5.56 Å². The van der Waals surface area contributed by atoms with Gasteiger partial charge in [-0.2, -0.15) is 0 Å². The van der Waals surface area contributed by atoms with Crippen molar-refractivity contribution < 1.29 is 0 Å². The van der Waals surface area contributed by atoms with Gasteiger partial charge in [0.05, 0.1) is 28.0 Å². The molecule has 5 N–H and O–H groups in total. The topological polar surface area (TPSA) is 107 Å². The SMILES string of the molecule is N=C(N)c1ccc2nc(C(Cc3cccc4ccccc34)c3nc4ccccc4[nH]3)[nH]c2c1. The second kappa shape index (κ2) is 7.60. The number of nitrogens with one attached hydrogen (secondary N) is 3. The Morgan fingerprint density at radius 2 is 1.48 bits per heavy atom. The lowest BCUT2D eigenvalue weighted by molar-refractivity contribution is 0.717. The van der Waals surface area contributed by atoms with Crippen LogP contribution in [0.15, 0.2) is 84.9 Å². The molecule has 1 atom stereocenters. The van der Waals surface area contributed by atoms with E-state index in [1.54, 1.807) is 0 Å². The first-order valence-electron chi connectivity index (χ1n) is 10.9. The van der Waals surface area contributed by atoms with Crippen LogP contribution in [0.5, 0.6) is 0 Å². The Balaban J connectivity index is 1.51. The summed E-state index contributed by atoms with van der Waals surface area (Å²) in [7, 11) is 0. The number of fused-ring (bicyclic) bond motifs is 3. The molecule has 33 heavy (non-hydrogen) atoms. The molecule has 0 bridgehead atoms. The summed E-state index contributed by atoms with van der Waals surface area (Å²) in [5.74, 6) is 1.64. The average molecular weight is 431 g/mol. The highest BCUT2D eigenvalue weighted by Crippen LogP contribution is 2.31. The van der Waals surface area contributed by atoms with Gasteiger partial charge in [-0.15, -0.1) is 0 Å². The first-order chi connectivity index (χ1) is 16.2. The van der Waals surface area contributed by atoms with Gasteiger partial charge in [-0.05, 0) is 53.1 Å². The molecule has 0 aliphatic heterocycles. The zero-order valence-corrected chi connectivity index (χ0v) is 17.8. The van der Waals surface area contributed by atoms with Crippen molar-refractivity contribution in [1.82, 2.24) is 19.9 Å². The van der Waals surface area contributed by atoms with Crippen molar-refractivity contribution in [3.8, 4) is 0 Å². The van der Waals surface area contributed by atoms with Crippen molar-refractivity contribution >= 4 is 38.7 Å². The molecule has 160 valence electrons. The number of nitrogens with two attached hydrogens (primary N) is 1. The summed E-state index contributed by atoms with van der Waals surface area (Å²) in [6.07, 6.45) is 0.737. The largest absolute Gasteiger partial charge is 0.384 e. The number of aromatic amines is 2. The number of hydrogen-bond acceptors (Lipinski definition) is 3. The fraction of sp³-hybridized carbons (Fsp3) is 0.0741. The van der Waals surface area contributed by atoms with Crippen molar-refractivity contribution in [1.29, 1.82) is 5.41 Å². The van der Waals surface area contributed by atoms with Gasteiger partial charge in [0.25, 0.3) is 0 Å². The summed E-state index contributed by atoms with van der Waals surface area (Å²) in [6, 6.07) is 28.5. The molecule has 1 unspecified atom stereocenters. The molecule has 0 radical (unpaired) electrons. The summed E-state index contributed by atoms with van der Waals surface area (Å²) in [6.45, 7) is 0. The van der Waals surface area contributed by atoms with E-state index < -0.39 is 0 Å². The monoisotopic (exact) mass is 430 g/mol. The van der Waals surface area contributed by atoms with Crippen molar-refractivity contribution in [3.63, 3.8) is 0 Å². The molecule has 2 heterocycles. The molecule has 0 spiro atoms. The summed E-state index contributed by atoms with van der Waals surface area (Å²) in [5.41, 5.74) is 11.2. The Bertz CT molecular complexity index is 1600. The molecule has 0 fully saturated rings. The summed E-state index contributed by atoms with van der Waals surface area (Å²) in [5, 5.41) is 10.2. The minimum Gasteiger partial charge on any atom is -0.384 e. The van der Waals surface area contributed by atoms with Crippen LogP contribution >= 0.6 is 0 Å². The normalized spacial score (nSPS) is 12.5. The van der Waals surface area contributed by atoms with E-state index in [9.17, 15) is 0 Å². The lowest BCUT2D eigenvalue weighted by Crippen LogP contribution is -2.10. The van der Waals surface area contributed by atoms with Gasteiger partial charge in [0.15, 0.2) is 0 Å². The smallest absolute Gasteiger partial charge is 0.122 e. The van der Waals surface area contributed by atoms with Crippen LogP contribution in [-0.4, -0.2) is 25.8 Å². The number of benzene rings is 4. The number of hydrogen-bond donors (Lipinski definition) is 4. The molecule has 4 aromatic carbocycles. The predicted molar refractivity (Wildman–Crippen MR) is 133 cm³/mol. The highest BCUT2D eigenvalue weighted by Gasteiger charge is 2.23. The van der Waals surface area contributed by atoms with Gasteiger partial charge in [0, 0.05) is 5.56 Å². The van der Waals surface area contributed by atoms with Crippen LogP contribution in [0.4, 0.5) is 0 Å². The maximum absolute atomic E-state index is 7.75. The highest BCUT2D eigenvalue weighted by molar-refractivity contribution is 5.98. The standard InChI is InChI=1S/C27H22N6/c28-25(29)18-12-13-23-24(15-18)33-27(32-23)20(26-30-21-10-3-4-11-22(21)31-26)14-17-8-5-7-16-6-1-2-9-19(16)17/h1-13,15,20H,14H2,(H3,28,29)(H,30,31)(H,32,33). The lowest BCUT2D eigenvalue weighted by atomic mass is 9.94. The van der Waals surface area contributed by atoms with Gasteiger partial charge < -0.3 is 15.7 Å². The second-order valence-corrected chi connectivity index (χ2v) is 8.30. The highest BCUT2D eigenvalue weighted by atomic mass is 15.0. The first kappa shape index (κ1) is 19.3. The first-order valence-corrected chi connectivity index (χ1v) is 10.9. The Labute approximate surface area is 190 Å². The number of nitrogens with zero attached hydrogens (tertiary/aromatic N) is 2. The molecule has 2 aromatic heterocycles. The van der Waals surface area contributed by atoms with Crippen molar-refractivity contribution in [2.45, 2.75) is 12.3 Å². The Morgan fingerprint density at radius 1 is 0.788 bits per heavy atom. The second-order valence-electron chi connectivity index (χ2n) is 8.30. The Hall–Kier alpha value is -4.45. The number of para-hydroxylation sites is 2. The number of nitrogen functional groups attached to an aromatic ring is 1. The maximum Gasteiger partial charge on any atom is 0.122 e. The molecule has 6 heteroatoms. The van der Waals surface area contributed by atoms with Gasteiger partial charge >= 0.3 is 0 Å². The van der Waals surface area contributed by atoms with Gasteiger partial charge in [-0.1, -0.05) is 54.6 Å². The van der Waals surface area contributed by atoms with E-state index in [-0.39, 0.29) is 11.8 Å². The van der Waals surface area contributed by atoms with Gasteiger partial charge in [0.2, 0.25) is 0 Å². The summed E-state index contributed by atoms with van der Waals surface area (Å²) in [4.78, 5) is 16.8. The van der Waals surface area contributed by atoms with E-state index >= 15 is 0 Å². The van der Waals surface area contributed by atoms with Gasteiger partial charge in [-0.25, -0.2) is 9.97 Å². The zero-order valence-electron chi connectivity index (χ0n) is 17.8. The quantitative estimate of drug-likeness (QED) is 0.222. The maximum atomic E-state index is 7.75. The summed E-state index contributed by atoms with van der Waals surface area (Å²) >= 11 is 0. The molecule has 6 rings (SSSR count). The van der Waals surface area contributed by atoms with E-state index in [1.807, 2.05) is 42.5 Å². The Kier molecular flexibility index (Phi) is 4.43. The average Bonchev–Trinajstić information content (AvgIpc) is 3.46. The van der Waals surface area contributed by atoms with Crippen LogP contribution in [0.25, 0.3) is 32.8 Å². The van der Waals surface area contributed by atoms with E-state index in [4.69, 9.17) is 21.1 Å². The lowest BCUT2D eigenvalue weighted by Gasteiger charge is -2.14. The minimum absolute atomic E-state index is 0.0395. The number of rotatable bonds is 5. The van der Waals surface area contributed by atoms with E-state index in [0.717, 1.165) is 40.1 Å². The van der Waals surface area contributed by atoms with Gasteiger partial charge in [0.1, 0.15) is 17.5 Å². The number of amidine groups is 1. The number of aromatic nitrogens is 4. The molecule has 0 amide bonds. The third-order valence-electron chi connectivity index (χ3n) is 6.18. The van der Waals surface area contributed by atoms with Crippen molar-refractivity contribution in [2.24, 2.45) is 5.73 Å². The third kappa shape index (κ3) is 3.42. The number of imidazole rings is 2. The fourth-order valence-electron chi connectivity index (χ4n) is 4.51. The molecule has 0 aliphatic rings. The van der Waals surface area contributed by atoms with E-state index in [1.165, 1.54) is 16.3 Å². The molecular formula is C27H22N6. The number of H-pyrrole nitrogens is 2. The molecule has 6 aromatic rings. The zero-order chi connectivity index (χ0) is 22.4.